The predicted octanol–water partition coefficient (Wildman–Crippen LogP) is 2.29. The third-order valence-electron chi connectivity index (χ3n) is 3.17. The van der Waals surface area contributed by atoms with Gasteiger partial charge in [-0.05, 0) is 37.8 Å². The maximum atomic E-state index is 11.9. The van der Waals surface area contributed by atoms with Crippen LogP contribution in [-0.4, -0.2) is 25.2 Å². The van der Waals surface area contributed by atoms with Crippen LogP contribution < -0.4 is 5.32 Å². The van der Waals surface area contributed by atoms with Gasteiger partial charge in [-0.3, -0.25) is 4.79 Å². The topological polar surface area (TPSA) is 38.3 Å². The van der Waals surface area contributed by atoms with Gasteiger partial charge in [0.15, 0.2) is 0 Å². The number of carbonyl (C=O) groups excluding carboxylic acids is 1. The number of carbonyl (C=O) groups is 1. The van der Waals surface area contributed by atoms with Crippen LogP contribution in [0, 0.1) is 6.92 Å². The van der Waals surface area contributed by atoms with E-state index < -0.39 is 0 Å². The van der Waals surface area contributed by atoms with Gasteiger partial charge in [0, 0.05) is 18.7 Å². The fourth-order valence-corrected chi connectivity index (χ4v) is 2.14. The van der Waals surface area contributed by atoms with Crippen molar-refractivity contribution in [1.82, 2.24) is 5.32 Å². The van der Waals surface area contributed by atoms with Crippen LogP contribution in [0.2, 0.25) is 0 Å². The third-order valence-corrected chi connectivity index (χ3v) is 3.17. The Morgan fingerprint density at radius 2 is 2.29 bits per heavy atom. The molecule has 1 amide bonds. The molecule has 3 heteroatoms. The largest absolute Gasteiger partial charge is 0.378 e. The lowest BCUT2D eigenvalue weighted by Crippen LogP contribution is -2.27. The summed E-state index contributed by atoms with van der Waals surface area (Å²) in [6.07, 6.45) is 3.53. The summed E-state index contributed by atoms with van der Waals surface area (Å²) in [4.78, 5) is 11.9. The van der Waals surface area contributed by atoms with Crippen LogP contribution in [0.5, 0.6) is 0 Å². The van der Waals surface area contributed by atoms with E-state index in [4.69, 9.17) is 4.74 Å². The van der Waals surface area contributed by atoms with Crippen molar-refractivity contribution in [2.24, 2.45) is 0 Å². The van der Waals surface area contributed by atoms with Crippen LogP contribution in [0.15, 0.2) is 24.3 Å². The van der Waals surface area contributed by atoms with Gasteiger partial charge in [-0.1, -0.05) is 18.2 Å². The van der Waals surface area contributed by atoms with Gasteiger partial charge in [-0.2, -0.15) is 0 Å². The first-order valence-corrected chi connectivity index (χ1v) is 6.23. The Balaban J connectivity index is 1.79. The second-order valence-electron chi connectivity index (χ2n) is 4.49. The third kappa shape index (κ3) is 3.30. The normalized spacial score (nSPS) is 19.2. The Bertz CT molecular complexity index is 384. The zero-order chi connectivity index (χ0) is 12.1. The zero-order valence-electron chi connectivity index (χ0n) is 10.2. The van der Waals surface area contributed by atoms with E-state index in [9.17, 15) is 4.79 Å². The van der Waals surface area contributed by atoms with Gasteiger partial charge >= 0.3 is 0 Å². The molecule has 1 N–H and O–H groups in total. The molecule has 1 fully saturated rings. The second-order valence-corrected chi connectivity index (χ2v) is 4.49. The molecule has 0 aromatic heterocycles. The number of ether oxygens (including phenoxy) is 1. The fourth-order valence-electron chi connectivity index (χ4n) is 2.14. The highest BCUT2D eigenvalue weighted by Crippen LogP contribution is 2.14. The van der Waals surface area contributed by atoms with Crippen molar-refractivity contribution in [3.8, 4) is 0 Å². The van der Waals surface area contributed by atoms with Gasteiger partial charge in [0.25, 0.3) is 5.91 Å². The van der Waals surface area contributed by atoms with E-state index in [0.29, 0.717) is 12.6 Å². The lowest BCUT2D eigenvalue weighted by Gasteiger charge is -2.11. The summed E-state index contributed by atoms with van der Waals surface area (Å²) >= 11 is 0. The van der Waals surface area contributed by atoms with Crippen LogP contribution in [0.1, 0.15) is 35.2 Å². The second kappa shape index (κ2) is 5.82. The Morgan fingerprint density at radius 1 is 1.47 bits per heavy atom. The Morgan fingerprint density at radius 3 is 3.00 bits per heavy atom. The molecular formula is C14H19NO2. The highest BCUT2D eigenvalue weighted by molar-refractivity contribution is 5.95. The maximum Gasteiger partial charge on any atom is 0.251 e. The Kier molecular flexibility index (Phi) is 4.15. The molecule has 2 rings (SSSR count). The van der Waals surface area contributed by atoms with Gasteiger partial charge in [-0.15, -0.1) is 0 Å². The molecule has 92 valence electrons. The molecule has 17 heavy (non-hydrogen) atoms. The fraction of sp³-hybridized carbons (Fsp3) is 0.500. The summed E-state index contributed by atoms with van der Waals surface area (Å²) in [7, 11) is 0. The molecule has 1 aliphatic rings. The van der Waals surface area contributed by atoms with E-state index in [1.165, 1.54) is 0 Å². The number of nitrogens with one attached hydrogen (secondary N) is 1. The molecule has 1 saturated heterocycles. The number of aryl methyl sites for hydroxylation is 1. The Labute approximate surface area is 102 Å². The maximum absolute atomic E-state index is 11.9. The summed E-state index contributed by atoms with van der Waals surface area (Å²) < 4.78 is 5.51. The molecular weight excluding hydrogens is 214 g/mol. The molecule has 0 radical (unpaired) electrons. The summed E-state index contributed by atoms with van der Waals surface area (Å²) in [6, 6.07) is 7.65. The highest BCUT2D eigenvalue weighted by atomic mass is 16.5. The van der Waals surface area contributed by atoms with Crippen molar-refractivity contribution >= 4 is 5.91 Å². The number of benzene rings is 1. The molecule has 1 aromatic carbocycles. The van der Waals surface area contributed by atoms with E-state index >= 15 is 0 Å². The minimum Gasteiger partial charge on any atom is -0.378 e. The smallest absolute Gasteiger partial charge is 0.251 e. The van der Waals surface area contributed by atoms with Crippen LogP contribution in [0.25, 0.3) is 0 Å². The average molecular weight is 233 g/mol. The van der Waals surface area contributed by atoms with Crippen molar-refractivity contribution in [3.05, 3.63) is 35.4 Å². The Hall–Kier alpha value is -1.35. The summed E-state index contributed by atoms with van der Waals surface area (Å²) in [5.41, 5.74) is 1.78. The van der Waals surface area contributed by atoms with Gasteiger partial charge in [-0.25, -0.2) is 0 Å². The average Bonchev–Trinajstić information content (AvgIpc) is 2.82. The van der Waals surface area contributed by atoms with Crippen molar-refractivity contribution < 1.29 is 9.53 Å². The first-order chi connectivity index (χ1) is 8.27. The van der Waals surface area contributed by atoms with Gasteiger partial charge < -0.3 is 10.1 Å². The van der Waals surface area contributed by atoms with E-state index in [-0.39, 0.29) is 5.91 Å². The summed E-state index contributed by atoms with van der Waals surface area (Å²) in [5, 5.41) is 2.95. The predicted molar refractivity (Wildman–Crippen MR) is 67.1 cm³/mol. The SMILES string of the molecule is Cc1ccccc1C(=O)NCCC1CCCO1. The van der Waals surface area contributed by atoms with Crippen LogP contribution in [-0.2, 0) is 4.74 Å². The van der Waals surface area contributed by atoms with E-state index in [1.807, 2.05) is 31.2 Å². The number of hydrogen-bond donors (Lipinski definition) is 1. The van der Waals surface area contributed by atoms with Crippen LogP contribution in [0.3, 0.4) is 0 Å². The molecule has 1 aromatic rings. The molecule has 0 spiro atoms. The minimum atomic E-state index is 0.0149. The summed E-state index contributed by atoms with van der Waals surface area (Å²) in [6.45, 7) is 3.52. The minimum absolute atomic E-state index is 0.0149. The van der Waals surface area contributed by atoms with Crippen molar-refractivity contribution in [3.63, 3.8) is 0 Å². The van der Waals surface area contributed by atoms with Crippen molar-refractivity contribution in [1.29, 1.82) is 0 Å². The van der Waals surface area contributed by atoms with Crippen LogP contribution >= 0.6 is 0 Å². The van der Waals surface area contributed by atoms with Gasteiger partial charge in [0.2, 0.25) is 0 Å². The molecule has 3 nitrogen and oxygen atoms in total. The van der Waals surface area contributed by atoms with Crippen LogP contribution in [0.4, 0.5) is 0 Å². The molecule has 0 bridgehead atoms. The quantitative estimate of drug-likeness (QED) is 0.866. The van der Waals surface area contributed by atoms with Crippen molar-refractivity contribution in [2.45, 2.75) is 32.3 Å². The molecule has 1 unspecified atom stereocenters. The van der Waals surface area contributed by atoms with E-state index in [2.05, 4.69) is 5.32 Å². The number of amides is 1. The van der Waals surface area contributed by atoms with E-state index in [0.717, 1.165) is 37.0 Å². The molecule has 1 aliphatic heterocycles. The molecule has 1 atom stereocenters. The molecule has 0 saturated carbocycles. The van der Waals surface area contributed by atoms with Gasteiger partial charge in [0.05, 0.1) is 6.10 Å². The standard InChI is InChI=1S/C14H19NO2/c1-11-5-2-3-7-13(11)14(16)15-9-8-12-6-4-10-17-12/h2-3,5,7,12H,4,6,8-10H2,1H3,(H,15,16). The van der Waals surface area contributed by atoms with Crippen molar-refractivity contribution in [2.75, 3.05) is 13.2 Å². The first-order valence-electron chi connectivity index (χ1n) is 6.23. The monoisotopic (exact) mass is 233 g/mol. The lowest BCUT2D eigenvalue weighted by molar-refractivity contribution is 0.0906. The lowest BCUT2D eigenvalue weighted by atomic mass is 10.1. The molecule has 1 heterocycles. The zero-order valence-corrected chi connectivity index (χ0v) is 10.2. The highest BCUT2D eigenvalue weighted by Gasteiger charge is 2.15. The molecule has 0 aliphatic carbocycles. The number of hydrogen-bond acceptors (Lipinski definition) is 2. The number of rotatable bonds is 4. The van der Waals surface area contributed by atoms with Gasteiger partial charge in [0.1, 0.15) is 0 Å². The first kappa shape index (κ1) is 12.1. The van der Waals surface area contributed by atoms with E-state index in [1.54, 1.807) is 0 Å². The summed E-state index contributed by atoms with van der Waals surface area (Å²) in [5.74, 6) is 0.0149.